The van der Waals surface area contributed by atoms with Crippen molar-refractivity contribution < 1.29 is 0 Å². The second-order valence-electron chi connectivity index (χ2n) is 13.8. The smallest absolute Gasteiger partial charge is 0.164 e. The van der Waals surface area contributed by atoms with Gasteiger partial charge in [-0.25, -0.2) is 15.0 Å². The Hall–Kier alpha value is -7.77. The number of benzene rings is 6. The van der Waals surface area contributed by atoms with E-state index in [1.165, 1.54) is 0 Å². The molecule has 0 radical (unpaired) electrons. The number of rotatable bonds is 7. The van der Waals surface area contributed by atoms with Crippen molar-refractivity contribution in [2.75, 3.05) is 0 Å². The van der Waals surface area contributed by atoms with Gasteiger partial charge in [0.15, 0.2) is 17.5 Å². The van der Waals surface area contributed by atoms with Gasteiger partial charge in [0.2, 0.25) is 0 Å². The van der Waals surface area contributed by atoms with Crippen molar-refractivity contribution in [1.29, 1.82) is 0 Å². The minimum atomic E-state index is 0.568. The molecule has 6 aromatic carbocycles. The minimum Gasteiger partial charge on any atom is -0.262 e. The predicted octanol–water partition coefficient (Wildman–Crippen LogP) is 12.4. The average Bonchev–Trinajstić information content (AvgIpc) is 3.29. The van der Waals surface area contributed by atoms with E-state index in [-0.39, 0.29) is 0 Å². The Bertz CT molecular complexity index is 3120. The third-order valence-corrected chi connectivity index (χ3v) is 10.4. The van der Waals surface area contributed by atoms with E-state index in [0.29, 0.717) is 17.5 Å². The molecule has 10 aromatic rings. The first-order valence-corrected chi connectivity index (χ1v) is 18.8. The van der Waals surface area contributed by atoms with Crippen LogP contribution in [-0.4, -0.2) is 36.6 Å². The highest BCUT2D eigenvalue weighted by atomic mass is 15.0. The lowest BCUT2D eigenvalue weighted by Crippen LogP contribution is -2.00. The fourth-order valence-corrected chi connectivity index (χ4v) is 7.78. The molecule has 0 N–H and O–H groups in total. The maximum atomic E-state index is 5.15. The van der Waals surface area contributed by atoms with Crippen LogP contribution in [0, 0.1) is 0 Å². The number of hydrogen-bond acceptors (Lipinski definition) is 7. The predicted molar refractivity (Wildman–Crippen MR) is 234 cm³/mol. The van der Waals surface area contributed by atoms with Crippen LogP contribution in [0.25, 0.3) is 106 Å². The zero-order valence-electron chi connectivity index (χ0n) is 31.0. The molecule has 0 atom stereocenters. The lowest BCUT2D eigenvalue weighted by molar-refractivity contribution is 1.07. The Balaban J connectivity index is 1.27. The van der Waals surface area contributed by atoms with Crippen molar-refractivity contribution in [3.63, 3.8) is 0 Å². The molecular formula is C50H33N7. The summed E-state index contributed by atoms with van der Waals surface area (Å²) in [6.07, 6.45) is 9.53. The van der Waals surface area contributed by atoms with Gasteiger partial charge >= 0.3 is 0 Å². The summed E-state index contributed by atoms with van der Waals surface area (Å²) in [5.41, 5.74) is 11.0. The van der Waals surface area contributed by atoms with Crippen molar-refractivity contribution in [2.24, 2.45) is 4.99 Å². The first kappa shape index (κ1) is 33.8. The van der Waals surface area contributed by atoms with Gasteiger partial charge in [-0.2, -0.15) is 0 Å². The molecule has 0 aliphatic carbocycles. The second-order valence-corrected chi connectivity index (χ2v) is 13.8. The summed E-state index contributed by atoms with van der Waals surface area (Å²) >= 11 is 0. The molecule has 0 fully saturated rings. The average molecular weight is 732 g/mol. The van der Waals surface area contributed by atoms with Gasteiger partial charge in [0, 0.05) is 57.0 Å². The van der Waals surface area contributed by atoms with Crippen LogP contribution >= 0.6 is 0 Å². The molecule has 0 saturated carbocycles. The van der Waals surface area contributed by atoms with Crippen molar-refractivity contribution in [2.45, 2.75) is 6.92 Å². The van der Waals surface area contributed by atoms with Crippen LogP contribution in [0.3, 0.4) is 0 Å². The molecule has 0 aliphatic rings. The Morgan fingerprint density at radius 2 is 0.982 bits per heavy atom. The Morgan fingerprint density at radius 3 is 1.60 bits per heavy atom. The van der Waals surface area contributed by atoms with Crippen molar-refractivity contribution in [1.82, 2.24) is 29.9 Å². The maximum absolute atomic E-state index is 5.15. The molecule has 0 bridgehead atoms. The monoisotopic (exact) mass is 731 g/mol. The molecule has 0 unspecified atom stereocenters. The first-order chi connectivity index (χ1) is 28.2. The van der Waals surface area contributed by atoms with Gasteiger partial charge in [-0.05, 0) is 95.2 Å². The van der Waals surface area contributed by atoms with Crippen LogP contribution in [0.2, 0.25) is 0 Å². The lowest BCUT2D eigenvalue weighted by atomic mass is 9.90. The van der Waals surface area contributed by atoms with Gasteiger partial charge in [0.25, 0.3) is 0 Å². The molecule has 4 heterocycles. The minimum absolute atomic E-state index is 0.568. The van der Waals surface area contributed by atoms with Gasteiger partial charge in [0.05, 0.1) is 22.2 Å². The van der Waals surface area contributed by atoms with E-state index in [1.54, 1.807) is 6.20 Å². The van der Waals surface area contributed by atoms with Crippen LogP contribution in [0.5, 0.6) is 0 Å². The molecular weight excluding hydrogens is 699 g/mol. The van der Waals surface area contributed by atoms with E-state index in [0.717, 1.165) is 93.7 Å². The van der Waals surface area contributed by atoms with Crippen LogP contribution < -0.4 is 0 Å². The molecule has 0 spiro atoms. The van der Waals surface area contributed by atoms with Crippen molar-refractivity contribution >= 4 is 62.0 Å². The quantitative estimate of drug-likeness (QED) is 0.120. The van der Waals surface area contributed by atoms with E-state index in [1.807, 2.05) is 104 Å². The Labute approximate surface area is 328 Å². The van der Waals surface area contributed by atoms with Crippen LogP contribution in [0.1, 0.15) is 12.5 Å². The van der Waals surface area contributed by atoms with Gasteiger partial charge < -0.3 is 0 Å². The number of aliphatic imine (C=N–C) groups is 1. The Kier molecular flexibility index (Phi) is 8.38. The Morgan fingerprint density at radius 1 is 0.439 bits per heavy atom. The number of nitrogens with zero attached hydrogens (tertiary/aromatic N) is 7. The van der Waals surface area contributed by atoms with Crippen molar-refractivity contribution in [3.8, 4) is 56.4 Å². The normalized spacial score (nSPS) is 11.6. The topological polar surface area (TPSA) is 89.7 Å². The highest BCUT2D eigenvalue weighted by molar-refractivity contribution is 6.23. The van der Waals surface area contributed by atoms with Crippen LogP contribution in [0.15, 0.2) is 169 Å². The third kappa shape index (κ3) is 5.99. The fraction of sp³-hybridized carbons (Fsp3) is 0.0200. The molecule has 4 aromatic heterocycles. The molecule has 0 saturated heterocycles. The summed E-state index contributed by atoms with van der Waals surface area (Å²) in [6, 6.07) is 47.8. The largest absolute Gasteiger partial charge is 0.262 e. The molecule has 7 heteroatoms. The third-order valence-electron chi connectivity index (χ3n) is 10.4. The number of pyridine rings is 3. The number of allylic oxidation sites excluding steroid dienone is 1. The summed E-state index contributed by atoms with van der Waals surface area (Å²) in [6.45, 7) is 5.91. The summed E-state index contributed by atoms with van der Waals surface area (Å²) in [4.78, 5) is 34.0. The van der Waals surface area contributed by atoms with E-state index < -0.39 is 0 Å². The van der Waals surface area contributed by atoms with E-state index in [9.17, 15) is 0 Å². The summed E-state index contributed by atoms with van der Waals surface area (Å²) in [5.74, 6) is 1.77. The number of aromatic nitrogens is 6. The molecule has 10 rings (SSSR count). The molecule has 7 nitrogen and oxygen atoms in total. The first-order valence-electron chi connectivity index (χ1n) is 18.8. The second kappa shape index (κ2) is 14.1. The maximum Gasteiger partial charge on any atom is 0.164 e. The fourth-order valence-electron chi connectivity index (χ4n) is 7.78. The number of fused-ring (bicyclic) bond motifs is 7. The van der Waals surface area contributed by atoms with E-state index >= 15 is 0 Å². The molecule has 0 amide bonds. The number of hydrogen-bond donors (Lipinski definition) is 0. The highest BCUT2D eigenvalue weighted by Crippen LogP contribution is 2.42. The van der Waals surface area contributed by atoms with Gasteiger partial charge in [-0.15, -0.1) is 0 Å². The lowest BCUT2D eigenvalue weighted by Gasteiger charge is -2.16. The SMILES string of the molecule is C=Nc1c(/C=C\C)cc(-c2cc(-c3ccc4c(c3)c3cccnc3c3ncccc43)cc(-c3nc(-c4ccccc4)nc(-c4ccccc4)n3)c2)c2cccnc12. The molecule has 57 heavy (non-hydrogen) atoms. The van der Waals surface area contributed by atoms with Crippen LogP contribution in [-0.2, 0) is 0 Å². The summed E-state index contributed by atoms with van der Waals surface area (Å²) in [7, 11) is 0. The van der Waals surface area contributed by atoms with Crippen LogP contribution in [0.4, 0.5) is 5.69 Å². The molecule has 0 aliphatic heterocycles. The highest BCUT2D eigenvalue weighted by Gasteiger charge is 2.19. The van der Waals surface area contributed by atoms with E-state index in [4.69, 9.17) is 29.9 Å². The van der Waals surface area contributed by atoms with Gasteiger partial charge in [0.1, 0.15) is 0 Å². The van der Waals surface area contributed by atoms with Crippen molar-refractivity contribution in [3.05, 3.63) is 170 Å². The standard InChI is InChI=1S/C50H33N7/c1-3-13-34-30-42(40-19-11-23-52-45(40)44(34)51-2)36-26-35(33-21-22-38-39-18-10-24-53-46(39)47-41(43(38)29-33)20-12-25-54-47)27-37(28-36)50-56-48(31-14-6-4-7-15-31)55-49(57-50)32-16-8-5-9-17-32/h3-30H,2H2,1H3/b13-3-. The summed E-state index contributed by atoms with van der Waals surface area (Å²) in [5, 5.41) is 5.31. The van der Waals surface area contributed by atoms with E-state index in [2.05, 4.69) is 78.4 Å². The zero-order chi connectivity index (χ0) is 38.3. The summed E-state index contributed by atoms with van der Waals surface area (Å²) < 4.78 is 0. The van der Waals surface area contributed by atoms with Gasteiger partial charge in [-0.3, -0.25) is 19.9 Å². The molecule has 268 valence electrons. The zero-order valence-corrected chi connectivity index (χ0v) is 31.0. The van der Waals surface area contributed by atoms with Gasteiger partial charge in [-0.1, -0.05) is 103 Å².